The number of carbonyl (C=O) groups is 1. The predicted octanol–water partition coefficient (Wildman–Crippen LogP) is 1.77. The standard InChI is InChI=1S/C14H15N3O3S/c18-14(19)9-5-12(20-7-9)10-8-21-13(15-10)11-6-16-1-3-17(11)4-2-16/h5,7-8,11H,1-4,6H2,(H,18,19). The molecule has 1 unspecified atom stereocenters. The van der Waals surface area contributed by atoms with Crippen LogP contribution in [0.2, 0.25) is 0 Å². The highest BCUT2D eigenvalue weighted by atomic mass is 32.1. The lowest BCUT2D eigenvalue weighted by Gasteiger charge is -2.46. The Balaban J connectivity index is 1.59. The van der Waals surface area contributed by atoms with E-state index in [1.54, 1.807) is 11.3 Å². The maximum absolute atomic E-state index is 10.9. The molecule has 5 rings (SSSR count). The molecule has 1 N–H and O–H groups in total. The molecule has 3 aliphatic rings. The second kappa shape index (κ2) is 4.94. The first-order valence-corrected chi connectivity index (χ1v) is 7.83. The zero-order valence-electron chi connectivity index (χ0n) is 11.4. The fraction of sp³-hybridized carbons (Fsp3) is 0.429. The minimum absolute atomic E-state index is 0.158. The lowest BCUT2D eigenvalue weighted by Crippen LogP contribution is -2.56. The third-order valence-corrected chi connectivity index (χ3v) is 5.13. The van der Waals surface area contributed by atoms with Crippen molar-refractivity contribution in [1.29, 1.82) is 0 Å². The van der Waals surface area contributed by atoms with Gasteiger partial charge in [0.2, 0.25) is 0 Å². The van der Waals surface area contributed by atoms with Crippen LogP contribution in [0.1, 0.15) is 21.4 Å². The first-order valence-electron chi connectivity index (χ1n) is 6.95. The van der Waals surface area contributed by atoms with Gasteiger partial charge in [0.1, 0.15) is 17.0 Å². The molecule has 0 aliphatic carbocycles. The summed E-state index contributed by atoms with van der Waals surface area (Å²) in [4.78, 5) is 20.5. The topological polar surface area (TPSA) is 69.8 Å². The number of aromatic nitrogens is 1. The van der Waals surface area contributed by atoms with Gasteiger partial charge in [-0.05, 0) is 0 Å². The van der Waals surface area contributed by atoms with Crippen molar-refractivity contribution in [3.8, 4) is 11.5 Å². The van der Waals surface area contributed by atoms with E-state index < -0.39 is 5.97 Å². The van der Waals surface area contributed by atoms with Gasteiger partial charge in [-0.15, -0.1) is 11.3 Å². The van der Waals surface area contributed by atoms with Crippen LogP contribution in [0.4, 0.5) is 0 Å². The number of piperazine rings is 3. The number of hydrogen-bond donors (Lipinski definition) is 1. The number of furan rings is 1. The van der Waals surface area contributed by atoms with E-state index in [1.807, 2.05) is 5.38 Å². The molecular formula is C14H15N3O3S. The number of fused-ring (bicyclic) bond motifs is 3. The third kappa shape index (κ3) is 2.27. The molecule has 21 heavy (non-hydrogen) atoms. The van der Waals surface area contributed by atoms with Gasteiger partial charge in [-0.3, -0.25) is 9.80 Å². The Labute approximate surface area is 125 Å². The smallest absolute Gasteiger partial charge is 0.338 e. The van der Waals surface area contributed by atoms with Gasteiger partial charge in [0.15, 0.2) is 5.76 Å². The Morgan fingerprint density at radius 2 is 2.19 bits per heavy atom. The van der Waals surface area contributed by atoms with E-state index in [-0.39, 0.29) is 5.56 Å². The van der Waals surface area contributed by atoms with Crippen LogP contribution in [0.25, 0.3) is 11.5 Å². The van der Waals surface area contributed by atoms with E-state index >= 15 is 0 Å². The fourth-order valence-corrected chi connectivity index (χ4v) is 3.92. The minimum atomic E-state index is -0.982. The van der Waals surface area contributed by atoms with E-state index in [2.05, 4.69) is 14.8 Å². The van der Waals surface area contributed by atoms with E-state index in [4.69, 9.17) is 9.52 Å². The monoisotopic (exact) mass is 305 g/mol. The highest BCUT2D eigenvalue weighted by Gasteiger charge is 2.34. The van der Waals surface area contributed by atoms with Crippen molar-refractivity contribution >= 4 is 17.3 Å². The highest BCUT2D eigenvalue weighted by molar-refractivity contribution is 7.10. The molecule has 2 aromatic rings. The second-order valence-corrected chi connectivity index (χ2v) is 6.32. The summed E-state index contributed by atoms with van der Waals surface area (Å²) in [7, 11) is 0. The van der Waals surface area contributed by atoms with Crippen LogP contribution in [0.5, 0.6) is 0 Å². The zero-order chi connectivity index (χ0) is 14.4. The quantitative estimate of drug-likeness (QED) is 0.932. The normalized spacial score (nSPS) is 27.9. The zero-order valence-corrected chi connectivity index (χ0v) is 12.2. The average molecular weight is 305 g/mol. The van der Waals surface area contributed by atoms with E-state index in [0.717, 1.165) is 43.4 Å². The summed E-state index contributed by atoms with van der Waals surface area (Å²) >= 11 is 1.62. The van der Waals surface area contributed by atoms with Gasteiger partial charge >= 0.3 is 5.97 Å². The number of nitrogens with zero attached hydrogens (tertiary/aromatic N) is 3. The lowest BCUT2D eigenvalue weighted by atomic mass is 10.1. The number of carboxylic acids is 1. The molecule has 110 valence electrons. The molecule has 0 radical (unpaired) electrons. The molecule has 0 aromatic carbocycles. The molecule has 3 fully saturated rings. The van der Waals surface area contributed by atoms with Gasteiger partial charge in [-0.25, -0.2) is 9.78 Å². The van der Waals surface area contributed by atoms with Gasteiger partial charge in [-0.1, -0.05) is 0 Å². The van der Waals surface area contributed by atoms with Crippen molar-refractivity contribution in [3.05, 3.63) is 28.3 Å². The molecule has 1 atom stereocenters. The maximum atomic E-state index is 10.9. The van der Waals surface area contributed by atoms with Crippen molar-refractivity contribution < 1.29 is 14.3 Å². The van der Waals surface area contributed by atoms with E-state index in [0.29, 0.717) is 11.8 Å². The van der Waals surface area contributed by atoms with Gasteiger partial charge < -0.3 is 9.52 Å². The molecule has 7 heteroatoms. The van der Waals surface area contributed by atoms with Gasteiger partial charge in [0.05, 0.1) is 11.6 Å². The molecule has 0 saturated carbocycles. The van der Waals surface area contributed by atoms with Gasteiger partial charge in [0.25, 0.3) is 0 Å². The van der Waals surface area contributed by atoms with Crippen LogP contribution < -0.4 is 0 Å². The number of carboxylic acid groups (broad SMARTS) is 1. The molecule has 3 saturated heterocycles. The van der Waals surface area contributed by atoms with Gasteiger partial charge in [-0.2, -0.15) is 0 Å². The molecule has 0 spiro atoms. The SMILES string of the molecule is O=C(O)c1coc(-c2csc(C3CN4CCN3CC4)n2)c1. The number of thiazole rings is 1. The van der Waals surface area contributed by atoms with Crippen molar-refractivity contribution in [2.75, 3.05) is 32.7 Å². The number of aromatic carboxylic acids is 1. The summed E-state index contributed by atoms with van der Waals surface area (Å²) < 4.78 is 5.31. The molecule has 2 aromatic heterocycles. The maximum Gasteiger partial charge on any atom is 0.338 e. The average Bonchev–Trinajstić information content (AvgIpc) is 3.17. The third-order valence-electron chi connectivity index (χ3n) is 4.18. The van der Waals surface area contributed by atoms with Crippen molar-refractivity contribution in [2.45, 2.75) is 6.04 Å². The Morgan fingerprint density at radius 3 is 2.81 bits per heavy atom. The lowest BCUT2D eigenvalue weighted by molar-refractivity contribution is 0.0123. The van der Waals surface area contributed by atoms with Gasteiger partial charge in [0, 0.05) is 44.2 Å². The Kier molecular flexibility index (Phi) is 3.06. The van der Waals surface area contributed by atoms with Crippen molar-refractivity contribution in [3.63, 3.8) is 0 Å². The summed E-state index contributed by atoms with van der Waals surface area (Å²) in [5, 5.41) is 12.0. The van der Waals surface area contributed by atoms with Crippen LogP contribution in [0.15, 0.2) is 22.1 Å². The van der Waals surface area contributed by atoms with Crippen LogP contribution >= 0.6 is 11.3 Å². The predicted molar refractivity (Wildman–Crippen MR) is 77.5 cm³/mol. The first-order chi connectivity index (χ1) is 10.2. The van der Waals surface area contributed by atoms with E-state index in [9.17, 15) is 4.79 Å². The largest absolute Gasteiger partial charge is 0.478 e. The number of rotatable bonds is 3. The summed E-state index contributed by atoms with van der Waals surface area (Å²) in [5.74, 6) is -0.463. The van der Waals surface area contributed by atoms with Crippen molar-refractivity contribution in [1.82, 2.24) is 14.8 Å². The first kappa shape index (κ1) is 13.0. The fourth-order valence-electron chi connectivity index (χ4n) is 2.99. The molecule has 3 aliphatic heterocycles. The molecule has 0 amide bonds. The number of hydrogen-bond acceptors (Lipinski definition) is 6. The summed E-state index contributed by atoms with van der Waals surface area (Å²) in [6.07, 6.45) is 1.26. The molecule has 2 bridgehead atoms. The molecular weight excluding hydrogens is 290 g/mol. The van der Waals surface area contributed by atoms with E-state index in [1.165, 1.54) is 12.3 Å². The van der Waals surface area contributed by atoms with Crippen LogP contribution in [-0.2, 0) is 0 Å². The summed E-state index contributed by atoms with van der Waals surface area (Å²) in [6.45, 7) is 5.53. The Morgan fingerprint density at radius 1 is 1.38 bits per heavy atom. The van der Waals surface area contributed by atoms with Crippen LogP contribution in [-0.4, -0.2) is 58.6 Å². The molecule has 5 heterocycles. The Bertz CT molecular complexity index is 673. The minimum Gasteiger partial charge on any atom is -0.478 e. The highest BCUT2D eigenvalue weighted by Crippen LogP contribution is 2.33. The van der Waals surface area contributed by atoms with Crippen LogP contribution in [0.3, 0.4) is 0 Å². The van der Waals surface area contributed by atoms with Crippen molar-refractivity contribution in [2.24, 2.45) is 0 Å². The summed E-state index contributed by atoms with van der Waals surface area (Å²) in [5.41, 5.74) is 0.881. The van der Waals surface area contributed by atoms with Crippen LogP contribution in [0, 0.1) is 0 Å². The Hall–Kier alpha value is -1.70. The molecule has 6 nitrogen and oxygen atoms in total. The second-order valence-electron chi connectivity index (χ2n) is 5.43. The summed E-state index contributed by atoms with van der Waals surface area (Å²) in [6, 6.07) is 1.89.